The Morgan fingerprint density at radius 1 is 1.13 bits per heavy atom. The van der Waals surface area contributed by atoms with Crippen LogP contribution in [0.4, 0.5) is 0 Å². The van der Waals surface area contributed by atoms with Crippen molar-refractivity contribution in [2.45, 2.75) is 37.4 Å². The lowest BCUT2D eigenvalue weighted by Gasteiger charge is -2.05. The van der Waals surface area contributed by atoms with Gasteiger partial charge in [0.1, 0.15) is 6.61 Å². The number of aliphatic hydroxyl groups excluding tert-OH is 1. The smallest absolute Gasteiger partial charge is 0.247 e. The van der Waals surface area contributed by atoms with E-state index in [-0.39, 0.29) is 6.61 Å². The summed E-state index contributed by atoms with van der Waals surface area (Å²) in [4.78, 5) is 0. The van der Waals surface area contributed by atoms with Crippen molar-refractivity contribution in [1.82, 2.24) is 25.0 Å². The summed E-state index contributed by atoms with van der Waals surface area (Å²) < 4.78 is 7.59. The molecule has 2 aromatic heterocycles. The van der Waals surface area contributed by atoms with Crippen LogP contribution < -0.4 is 0 Å². The monoisotopic (exact) mass is 331 g/mol. The van der Waals surface area contributed by atoms with Crippen molar-refractivity contribution in [2.75, 3.05) is 0 Å². The molecule has 3 rings (SSSR count). The SMILES string of the molecule is CCCn1c(CO)nnc1SCc1nnc(-c2ccccc2)o1. The first-order valence-electron chi connectivity index (χ1n) is 7.35. The molecule has 2 heterocycles. The zero-order chi connectivity index (χ0) is 16.1. The van der Waals surface area contributed by atoms with Gasteiger partial charge in [0.15, 0.2) is 11.0 Å². The van der Waals surface area contributed by atoms with Crippen LogP contribution in [-0.2, 0) is 18.9 Å². The minimum absolute atomic E-state index is 0.119. The van der Waals surface area contributed by atoms with Crippen LogP contribution in [0.5, 0.6) is 0 Å². The molecule has 0 atom stereocenters. The summed E-state index contributed by atoms with van der Waals surface area (Å²) in [6.07, 6.45) is 0.942. The van der Waals surface area contributed by atoms with Crippen LogP contribution in [0.2, 0.25) is 0 Å². The Labute approximate surface area is 137 Å². The Hall–Kier alpha value is -2.19. The number of hydrogen-bond acceptors (Lipinski definition) is 7. The van der Waals surface area contributed by atoms with Gasteiger partial charge in [0.25, 0.3) is 0 Å². The number of thioether (sulfide) groups is 1. The molecule has 0 spiro atoms. The maximum atomic E-state index is 9.30. The van der Waals surface area contributed by atoms with Gasteiger partial charge in [0.2, 0.25) is 11.8 Å². The Kier molecular flexibility index (Phi) is 5.04. The van der Waals surface area contributed by atoms with Crippen molar-refractivity contribution in [3.63, 3.8) is 0 Å². The van der Waals surface area contributed by atoms with E-state index in [2.05, 4.69) is 27.3 Å². The number of aromatic nitrogens is 5. The first kappa shape index (κ1) is 15.7. The molecule has 0 aliphatic carbocycles. The molecule has 0 radical (unpaired) electrons. The number of benzene rings is 1. The van der Waals surface area contributed by atoms with Crippen LogP contribution in [0.3, 0.4) is 0 Å². The second-order valence-electron chi connectivity index (χ2n) is 4.86. The number of hydrogen-bond donors (Lipinski definition) is 1. The Bertz CT molecular complexity index is 756. The van der Waals surface area contributed by atoms with Gasteiger partial charge in [-0.3, -0.25) is 0 Å². The summed E-state index contributed by atoms with van der Waals surface area (Å²) in [5.41, 5.74) is 0.896. The second-order valence-corrected chi connectivity index (χ2v) is 5.81. The van der Waals surface area contributed by atoms with Gasteiger partial charge < -0.3 is 14.1 Å². The zero-order valence-corrected chi connectivity index (χ0v) is 13.5. The highest BCUT2D eigenvalue weighted by molar-refractivity contribution is 7.98. The van der Waals surface area contributed by atoms with Crippen molar-refractivity contribution in [1.29, 1.82) is 0 Å². The highest BCUT2D eigenvalue weighted by Gasteiger charge is 2.14. The molecular formula is C15H17N5O2S. The lowest BCUT2D eigenvalue weighted by Crippen LogP contribution is -2.04. The summed E-state index contributed by atoms with van der Waals surface area (Å²) in [5.74, 6) is 2.12. The fourth-order valence-corrected chi connectivity index (χ4v) is 2.95. The van der Waals surface area contributed by atoms with E-state index in [0.717, 1.165) is 23.7 Å². The number of nitrogens with zero attached hydrogens (tertiary/aromatic N) is 5. The van der Waals surface area contributed by atoms with Gasteiger partial charge in [-0.1, -0.05) is 36.9 Å². The number of aliphatic hydroxyl groups is 1. The molecule has 0 amide bonds. The molecule has 0 fully saturated rings. The predicted molar refractivity (Wildman–Crippen MR) is 85.5 cm³/mol. The van der Waals surface area contributed by atoms with Crippen LogP contribution in [-0.4, -0.2) is 30.1 Å². The van der Waals surface area contributed by atoms with E-state index >= 15 is 0 Å². The molecule has 8 heteroatoms. The summed E-state index contributed by atoms with van der Waals surface area (Å²) in [7, 11) is 0. The third-order valence-electron chi connectivity index (χ3n) is 3.19. The molecule has 0 saturated carbocycles. The number of rotatable bonds is 7. The van der Waals surface area contributed by atoms with Crippen molar-refractivity contribution >= 4 is 11.8 Å². The van der Waals surface area contributed by atoms with Gasteiger partial charge in [-0.05, 0) is 18.6 Å². The predicted octanol–water partition coefficient (Wildman–Crippen LogP) is 2.52. The molecule has 1 aromatic carbocycles. The summed E-state index contributed by atoms with van der Waals surface area (Å²) in [6.45, 7) is 2.72. The quantitative estimate of drug-likeness (QED) is 0.665. The van der Waals surface area contributed by atoms with Crippen LogP contribution in [0.25, 0.3) is 11.5 Å². The molecule has 3 aromatic rings. The van der Waals surface area contributed by atoms with Crippen molar-refractivity contribution in [3.05, 3.63) is 42.0 Å². The molecule has 23 heavy (non-hydrogen) atoms. The minimum atomic E-state index is -0.119. The van der Waals surface area contributed by atoms with Crippen molar-refractivity contribution < 1.29 is 9.52 Å². The van der Waals surface area contributed by atoms with Gasteiger partial charge in [-0.2, -0.15) is 0 Å². The summed E-state index contributed by atoms with van der Waals surface area (Å²) >= 11 is 1.47. The summed E-state index contributed by atoms with van der Waals surface area (Å²) in [6, 6.07) is 9.65. The molecule has 1 N–H and O–H groups in total. The standard InChI is InChI=1S/C15H17N5O2S/c1-2-8-20-12(9-21)16-19-15(20)23-10-13-17-18-14(22-13)11-6-4-3-5-7-11/h3-7,21H,2,8-10H2,1H3. The van der Waals surface area contributed by atoms with E-state index in [0.29, 0.717) is 23.4 Å². The fourth-order valence-electron chi connectivity index (χ4n) is 2.13. The highest BCUT2D eigenvalue weighted by atomic mass is 32.2. The van der Waals surface area contributed by atoms with Gasteiger partial charge in [0, 0.05) is 12.1 Å². The van der Waals surface area contributed by atoms with E-state index in [1.54, 1.807) is 0 Å². The molecular weight excluding hydrogens is 314 g/mol. The van der Waals surface area contributed by atoms with E-state index in [1.165, 1.54) is 11.8 Å². The molecule has 0 unspecified atom stereocenters. The largest absolute Gasteiger partial charge is 0.420 e. The van der Waals surface area contributed by atoms with Crippen LogP contribution in [0.1, 0.15) is 25.1 Å². The minimum Gasteiger partial charge on any atom is -0.420 e. The Morgan fingerprint density at radius 3 is 2.70 bits per heavy atom. The van der Waals surface area contributed by atoms with Gasteiger partial charge >= 0.3 is 0 Å². The third-order valence-corrected chi connectivity index (χ3v) is 4.15. The van der Waals surface area contributed by atoms with Gasteiger partial charge in [-0.15, -0.1) is 20.4 Å². The van der Waals surface area contributed by atoms with Gasteiger partial charge in [-0.25, -0.2) is 0 Å². The first-order valence-corrected chi connectivity index (χ1v) is 8.34. The lowest BCUT2D eigenvalue weighted by atomic mass is 10.2. The Balaban J connectivity index is 1.70. The van der Waals surface area contributed by atoms with Crippen LogP contribution in [0, 0.1) is 0 Å². The molecule has 7 nitrogen and oxygen atoms in total. The molecule has 0 aliphatic rings. The average molecular weight is 331 g/mol. The second kappa shape index (κ2) is 7.38. The van der Waals surface area contributed by atoms with E-state index in [1.807, 2.05) is 34.9 Å². The third kappa shape index (κ3) is 3.59. The highest BCUT2D eigenvalue weighted by Crippen LogP contribution is 2.24. The van der Waals surface area contributed by atoms with E-state index < -0.39 is 0 Å². The molecule has 120 valence electrons. The van der Waals surface area contributed by atoms with Gasteiger partial charge in [0.05, 0.1) is 5.75 Å². The Morgan fingerprint density at radius 2 is 1.96 bits per heavy atom. The maximum Gasteiger partial charge on any atom is 0.247 e. The van der Waals surface area contributed by atoms with Crippen LogP contribution >= 0.6 is 11.8 Å². The lowest BCUT2D eigenvalue weighted by molar-refractivity contribution is 0.263. The van der Waals surface area contributed by atoms with Crippen LogP contribution in [0.15, 0.2) is 39.9 Å². The average Bonchev–Trinajstić information content (AvgIpc) is 3.21. The maximum absolute atomic E-state index is 9.30. The first-order chi connectivity index (χ1) is 11.3. The molecule has 0 bridgehead atoms. The summed E-state index contributed by atoms with van der Waals surface area (Å²) in [5, 5.41) is 26.3. The molecule has 0 saturated heterocycles. The topological polar surface area (TPSA) is 89.9 Å². The zero-order valence-electron chi connectivity index (χ0n) is 12.7. The van der Waals surface area contributed by atoms with E-state index in [9.17, 15) is 5.11 Å². The van der Waals surface area contributed by atoms with E-state index in [4.69, 9.17) is 4.42 Å². The fraction of sp³-hybridized carbons (Fsp3) is 0.333. The molecule has 0 aliphatic heterocycles. The van der Waals surface area contributed by atoms with Crippen molar-refractivity contribution in [3.8, 4) is 11.5 Å². The normalized spacial score (nSPS) is 11.0. The van der Waals surface area contributed by atoms with Crippen molar-refractivity contribution in [2.24, 2.45) is 0 Å².